The van der Waals surface area contributed by atoms with E-state index in [0.717, 1.165) is 0 Å². The zero-order valence-corrected chi connectivity index (χ0v) is 9.23. The van der Waals surface area contributed by atoms with E-state index in [2.05, 4.69) is 0 Å². The predicted octanol–water partition coefficient (Wildman–Crippen LogP) is 2.56. The number of benzene rings is 1. The predicted molar refractivity (Wildman–Crippen MR) is 54.6 cm³/mol. The van der Waals surface area contributed by atoms with E-state index in [1.807, 2.05) is 0 Å². The van der Waals surface area contributed by atoms with E-state index in [9.17, 15) is 17.2 Å². The highest BCUT2D eigenvalue weighted by Crippen LogP contribution is 2.14. The molecule has 0 amide bonds. The minimum atomic E-state index is -3.64. The maximum Gasteiger partial charge on any atom is 0.242 e. The second kappa shape index (κ2) is 4.90. The third kappa shape index (κ3) is 5.09. The molecule has 0 aliphatic carbocycles. The molecule has 84 valence electrons. The lowest BCUT2D eigenvalue weighted by atomic mass is 10.1. The van der Waals surface area contributed by atoms with Crippen LogP contribution in [0.1, 0.15) is 11.1 Å². The number of halogens is 3. The Labute approximate surface area is 91.3 Å². The van der Waals surface area contributed by atoms with Gasteiger partial charge in [0.2, 0.25) is 15.5 Å². The van der Waals surface area contributed by atoms with Gasteiger partial charge in [-0.1, -0.05) is 24.3 Å². The summed E-state index contributed by atoms with van der Waals surface area (Å²) in [4.78, 5) is 0. The summed E-state index contributed by atoms with van der Waals surface area (Å²) >= 11 is 0. The topological polar surface area (TPSA) is 34.1 Å². The van der Waals surface area contributed by atoms with Gasteiger partial charge < -0.3 is 0 Å². The highest BCUT2D eigenvalue weighted by atomic mass is 35.7. The van der Waals surface area contributed by atoms with Crippen LogP contribution < -0.4 is 0 Å². The number of hydrogen-bond donors (Lipinski definition) is 0. The van der Waals surface area contributed by atoms with E-state index in [1.165, 1.54) is 24.3 Å². The Bertz CT molecular complexity index is 431. The number of rotatable bonds is 4. The van der Waals surface area contributed by atoms with Gasteiger partial charge in [-0.05, 0) is 11.1 Å². The zero-order valence-electron chi connectivity index (χ0n) is 7.66. The summed E-state index contributed by atoms with van der Waals surface area (Å²) < 4.78 is 45.6. The van der Waals surface area contributed by atoms with Gasteiger partial charge in [-0.2, -0.15) is 0 Å². The fourth-order valence-corrected chi connectivity index (χ4v) is 2.18. The molecule has 0 fully saturated rings. The highest BCUT2D eigenvalue weighted by Gasteiger charge is 2.09. The Hall–Kier alpha value is -0.680. The molecular weight excluding hydrogens is 246 g/mol. The van der Waals surface area contributed by atoms with Crippen molar-refractivity contribution in [1.29, 1.82) is 0 Å². The number of hydrogen-bond acceptors (Lipinski definition) is 2. The zero-order chi connectivity index (χ0) is 11.5. The van der Waals surface area contributed by atoms with Crippen molar-refractivity contribution in [3.8, 4) is 0 Å². The van der Waals surface area contributed by atoms with Gasteiger partial charge in [-0.25, -0.2) is 17.2 Å². The van der Waals surface area contributed by atoms with Crippen LogP contribution in [0.5, 0.6) is 0 Å². The lowest BCUT2D eigenvalue weighted by Crippen LogP contribution is -1.99. The monoisotopic (exact) mass is 254 g/mol. The Kier molecular flexibility index (Phi) is 4.04. The summed E-state index contributed by atoms with van der Waals surface area (Å²) in [7, 11) is 1.41. The summed E-state index contributed by atoms with van der Waals surface area (Å²) in [5, 5.41) is 0. The van der Waals surface area contributed by atoms with Crippen LogP contribution in [0.4, 0.5) is 8.78 Å². The second-order valence-electron chi connectivity index (χ2n) is 3.10. The van der Waals surface area contributed by atoms with Crippen LogP contribution >= 0.6 is 10.7 Å². The molecule has 0 bridgehead atoms. The Balaban J connectivity index is 2.83. The van der Waals surface area contributed by atoms with Gasteiger partial charge in [0.25, 0.3) is 0 Å². The van der Waals surface area contributed by atoms with Gasteiger partial charge in [-0.15, -0.1) is 0 Å². The fraction of sp³-hybridized carbons (Fsp3) is 0.333. The van der Waals surface area contributed by atoms with Crippen molar-refractivity contribution in [3.63, 3.8) is 0 Å². The molecule has 15 heavy (non-hydrogen) atoms. The standard InChI is InChI=1S/C9H9ClF2O2S/c10-15(13,14)6-8-3-1-2-7(4-8)5-9(11)12/h1-4,9H,5-6H2. The third-order valence-electron chi connectivity index (χ3n) is 1.72. The molecule has 0 heterocycles. The minimum absolute atomic E-state index is 0.342. The van der Waals surface area contributed by atoms with Crippen LogP contribution in [-0.2, 0) is 21.2 Å². The summed E-state index contributed by atoms with van der Waals surface area (Å²) in [5.74, 6) is -0.342. The van der Waals surface area contributed by atoms with Gasteiger partial charge in [-0.3, -0.25) is 0 Å². The largest absolute Gasteiger partial charge is 0.242 e. The summed E-state index contributed by atoms with van der Waals surface area (Å²) in [5.41, 5.74) is 0.825. The lowest BCUT2D eigenvalue weighted by molar-refractivity contribution is 0.149. The Morgan fingerprint density at radius 1 is 1.27 bits per heavy atom. The molecule has 0 spiro atoms. The highest BCUT2D eigenvalue weighted by molar-refractivity contribution is 8.13. The molecule has 0 radical (unpaired) electrons. The molecule has 2 nitrogen and oxygen atoms in total. The van der Waals surface area contributed by atoms with E-state index in [-0.39, 0.29) is 12.2 Å². The molecule has 6 heteroatoms. The average Bonchev–Trinajstić information content (AvgIpc) is 1.99. The molecule has 0 aliphatic heterocycles. The van der Waals surface area contributed by atoms with E-state index in [0.29, 0.717) is 11.1 Å². The Morgan fingerprint density at radius 2 is 1.87 bits per heavy atom. The van der Waals surface area contributed by atoms with Gasteiger partial charge in [0.15, 0.2) is 0 Å². The molecule has 0 unspecified atom stereocenters. The molecule has 1 aromatic rings. The van der Waals surface area contributed by atoms with Crippen molar-refractivity contribution in [2.45, 2.75) is 18.6 Å². The normalized spacial score (nSPS) is 12.0. The van der Waals surface area contributed by atoms with Gasteiger partial charge in [0, 0.05) is 17.1 Å². The molecule has 0 N–H and O–H groups in total. The van der Waals surface area contributed by atoms with Crippen molar-refractivity contribution in [3.05, 3.63) is 35.4 Å². The smallest absolute Gasteiger partial charge is 0.212 e. The second-order valence-corrected chi connectivity index (χ2v) is 5.88. The van der Waals surface area contributed by atoms with Gasteiger partial charge in [0.1, 0.15) is 0 Å². The maximum atomic E-state index is 12.0. The van der Waals surface area contributed by atoms with Crippen LogP contribution in [0.15, 0.2) is 24.3 Å². The molecule has 0 saturated carbocycles. The van der Waals surface area contributed by atoms with Crippen molar-refractivity contribution < 1.29 is 17.2 Å². The molecule has 0 atom stereocenters. The third-order valence-corrected chi connectivity index (χ3v) is 2.73. The van der Waals surface area contributed by atoms with Crippen LogP contribution in [0.3, 0.4) is 0 Å². The summed E-state index contributed by atoms with van der Waals surface area (Å²) in [6, 6.07) is 6.02. The minimum Gasteiger partial charge on any atom is -0.212 e. The SMILES string of the molecule is O=S(=O)(Cl)Cc1cccc(CC(F)F)c1. The lowest BCUT2D eigenvalue weighted by Gasteiger charge is -2.03. The molecule has 0 aliphatic rings. The van der Waals surface area contributed by atoms with Crippen LogP contribution in [-0.4, -0.2) is 14.8 Å². The first-order valence-electron chi connectivity index (χ1n) is 4.15. The summed E-state index contributed by atoms with van der Waals surface area (Å²) in [6.45, 7) is 0. The van der Waals surface area contributed by atoms with Crippen LogP contribution in [0.25, 0.3) is 0 Å². The fourth-order valence-electron chi connectivity index (χ4n) is 1.22. The number of alkyl halides is 2. The van der Waals surface area contributed by atoms with Crippen molar-refractivity contribution in [2.24, 2.45) is 0 Å². The first-order valence-corrected chi connectivity index (χ1v) is 6.63. The van der Waals surface area contributed by atoms with Gasteiger partial charge >= 0.3 is 0 Å². The quantitative estimate of drug-likeness (QED) is 0.774. The van der Waals surface area contributed by atoms with Crippen molar-refractivity contribution in [2.75, 3.05) is 0 Å². The van der Waals surface area contributed by atoms with Crippen molar-refractivity contribution >= 4 is 19.7 Å². The molecule has 0 aromatic heterocycles. The average molecular weight is 255 g/mol. The molecule has 0 saturated heterocycles. The molecule has 1 rings (SSSR count). The molecular formula is C9H9ClF2O2S. The van der Waals surface area contributed by atoms with Crippen LogP contribution in [0, 0.1) is 0 Å². The maximum absolute atomic E-state index is 12.0. The van der Waals surface area contributed by atoms with E-state index >= 15 is 0 Å². The first-order chi connectivity index (χ1) is 6.87. The van der Waals surface area contributed by atoms with E-state index < -0.39 is 15.5 Å². The van der Waals surface area contributed by atoms with Crippen molar-refractivity contribution in [1.82, 2.24) is 0 Å². The Morgan fingerprint density at radius 3 is 2.40 bits per heavy atom. The van der Waals surface area contributed by atoms with Crippen LogP contribution in [0.2, 0.25) is 0 Å². The first kappa shape index (κ1) is 12.4. The van der Waals surface area contributed by atoms with E-state index in [1.54, 1.807) is 0 Å². The molecule has 1 aromatic carbocycles. The summed E-state index contributed by atoms with van der Waals surface area (Å²) in [6.07, 6.45) is -2.82. The van der Waals surface area contributed by atoms with Gasteiger partial charge in [0.05, 0.1) is 5.75 Å². The van der Waals surface area contributed by atoms with E-state index in [4.69, 9.17) is 10.7 Å².